The van der Waals surface area contributed by atoms with E-state index in [4.69, 9.17) is 5.11 Å². The summed E-state index contributed by atoms with van der Waals surface area (Å²) in [7, 11) is 0. The third kappa shape index (κ3) is 4.31. The molecular formula is C16H21N3O3. The molecule has 1 aromatic carbocycles. The number of carboxylic acids is 1. The number of nitrogens with zero attached hydrogens (tertiary/aromatic N) is 2. The Labute approximate surface area is 129 Å². The van der Waals surface area contributed by atoms with Gasteiger partial charge in [0.15, 0.2) is 0 Å². The number of aliphatic carboxylic acids is 1. The first-order valence-corrected chi connectivity index (χ1v) is 7.40. The Bertz CT molecular complexity index is 581. The fourth-order valence-electron chi connectivity index (χ4n) is 2.26. The molecule has 6 heteroatoms. The largest absolute Gasteiger partial charge is 0.481 e. The molecule has 1 aliphatic rings. The molecule has 0 bridgehead atoms. The van der Waals surface area contributed by atoms with Gasteiger partial charge in [-0.25, -0.2) is 0 Å². The molecule has 1 unspecified atom stereocenters. The smallest absolute Gasteiger partial charge is 0.303 e. The summed E-state index contributed by atoms with van der Waals surface area (Å²) in [5.41, 5.74) is 2.63. The van der Waals surface area contributed by atoms with E-state index in [9.17, 15) is 9.59 Å². The topological polar surface area (TPSA) is 82.0 Å². The van der Waals surface area contributed by atoms with Gasteiger partial charge in [-0.3, -0.25) is 14.6 Å². The molecule has 1 heterocycles. The molecule has 0 spiro atoms. The van der Waals surface area contributed by atoms with Gasteiger partial charge in [0.2, 0.25) is 0 Å². The Balaban J connectivity index is 1.92. The van der Waals surface area contributed by atoms with Crippen molar-refractivity contribution < 1.29 is 14.7 Å². The zero-order valence-corrected chi connectivity index (χ0v) is 12.9. The van der Waals surface area contributed by atoms with E-state index in [2.05, 4.69) is 10.4 Å². The van der Waals surface area contributed by atoms with Gasteiger partial charge in [-0.2, -0.15) is 5.10 Å². The van der Waals surface area contributed by atoms with Crippen molar-refractivity contribution in [1.29, 1.82) is 0 Å². The van der Waals surface area contributed by atoms with Crippen LogP contribution in [0.1, 0.15) is 43.5 Å². The van der Waals surface area contributed by atoms with Gasteiger partial charge in [0.1, 0.15) is 0 Å². The Hall–Kier alpha value is -2.37. The lowest BCUT2D eigenvalue weighted by molar-refractivity contribution is -0.137. The number of carboxylic acid groups (broad SMARTS) is 1. The molecule has 2 rings (SSSR count). The van der Waals surface area contributed by atoms with Crippen molar-refractivity contribution in [3.63, 3.8) is 0 Å². The van der Waals surface area contributed by atoms with Crippen LogP contribution in [0.3, 0.4) is 0 Å². The molecule has 1 aromatic rings. The van der Waals surface area contributed by atoms with Crippen LogP contribution in [-0.4, -0.2) is 35.3 Å². The second-order valence-electron chi connectivity index (χ2n) is 5.56. The summed E-state index contributed by atoms with van der Waals surface area (Å²) >= 11 is 0. The molecular weight excluding hydrogens is 282 g/mol. The maximum Gasteiger partial charge on any atom is 0.303 e. The zero-order chi connectivity index (χ0) is 16.1. The molecule has 0 saturated heterocycles. The minimum atomic E-state index is -0.855. The Kier molecular flexibility index (Phi) is 5.14. The standard InChI is InChI=1S/C16H21N3O3/c1-11(3-8-15(20)21)17-16(22)13-4-6-14(7-5-13)19-10-9-12(2)18-19/h4-7,11H,3,8-10H2,1-2H3,(H,17,22)(H,20,21). The zero-order valence-electron chi connectivity index (χ0n) is 12.9. The van der Waals surface area contributed by atoms with Crippen molar-refractivity contribution in [1.82, 2.24) is 5.32 Å². The summed E-state index contributed by atoms with van der Waals surface area (Å²) in [6.45, 7) is 4.67. The van der Waals surface area contributed by atoms with Crippen LogP contribution in [0.2, 0.25) is 0 Å². The van der Waals surface area contributed by atoms with Gasteiger partial charge in [0.05, 0.1) is 5.69 Å². The van der Waals surface area contributed by atoms with Gasteiger partial charge in [0, 0.05) is 36.7 Å². The van der Waals surface area contributed by atoms with Gasteiger partial charge < -0.3 is 10.4 Å². The number of hydrogen-bond donors (Lipinski definition) is 2. The van der Waals surface area contributed by atoms with Crippen LogP contribution in [0.15, 0.2) is 29.4 Å². The lowest BCUT2D eigenvalue weighted by atomic mass is 10.1. The van der Waals surface area contributed by atoms with Crippen LogP contribution < -0.4 is 10.3 Å². The predicted octanol–water partition coefficient (Wildman–Crippen LogP) is 2.26. The molecule has 1 amide bonds. The molecule has 1 atom stereocenters. The van der Waals surface area contributed by atoms with Gasteiger partial charge in [-0.1, -0.05) is 0 Å². The molecule has 2 N–H and O–H groups in total. The van der Waals surface area contributed by atoms with Crippen LogP contribution in [0.5, 0.6) is 0 Å². The molecule has 0 saturated carbocycles. The number of anilines is 1. The van der Waals surface area contributed by atoms with E-state index in [1.807, 2.05) is 24.1 Å². The molecule has 0 aliphatic carbocycles. The highest BCUT2D eigenvalue weighted by molar-refractivity contribution is 5.94. The fraction of sp³-hybridized carbons (Fsp3) is 0.438. The number of hydrogen-bond acceptors (Lipinski definition) is 4. The molecule has 0 aromatic heterocycles. The second-order valence-corrected chi connectivity index (χ2v) is 5.56. The Morgan fingerprint density at radius 3 is 2.59 bits per heavy atom. The fourth-order valence-corrected chi connectivity index (χ4v) is 2.26. The third-order valence-corrected chi connectivity index (χ3v) is 3.57. The summed E-state index contributed by atoms with van der Waals surface area (Å²) < 4.78 is 0. The van der Waals surface area contributed by atoms with Crippen LogP contribution in [0.25, 0.3) is 0 Å². The van der Waals surface area contributed by atoms with Crippen molar-refractivity contribution in [2.24, 2.45) is 5.10 Å². The summed E-state index contributed by atoms with van der Waals surface area (Å²) in [6.07, 6.45) is 1.43. The SMILES string of the molecule is CC1=NN(c2ccc(C(=O)NC(C)CCC(=O)O)cc2)CC1. The first-order chi connectivity index (χ1) is 10.5. The summed E-state index contributed by atoms with van der Waals surface area (Å²) in [5.74, 6) is -1.04. The average molecular weight is 303 g/mol. The van der Waals surface area contributed by atoms with E-state index in [1.54, 1.807) is 19.1 Å². The molecule has 1 aliphatic heterocycles. The highest BCUT2D eigenvalue weighted by Gasteiger charge is 2.14. The van der Waals surface area contributed by atoms with Crippen LogP contribution in [0.4, 0.5) is 5.69 Å². The number of amides is 1. The number of benzene rings is 1. The number of carbonyl (C=O) groups excluding carboxylic acids is 1. The van der Waals surface area contributed by atoms with Crippen molar-refractivity contribution >= 4 is 23.3 Å². The highest BCUT2D eigenvalue weighted by Crippen LogP contribution is 2.19. The summed E-state index contributed by atoms with van der Waals surface area (Å²) in [6, 6.07) is 7.10. The minimum Gasteiger partial charge on any atom is -0.481 e. The van der Waals surface area contributed by atoms with Gasteiger partial charge in [-0.05, 0) is 44.5 Å². The van der Waals surface area contributed by atoms with E-state index in [0.29, 0.717) is 12.0 Å². The third-order valence-electron chi connectivity index (χ3n) is 3.57. The first-order valence-electron chi connectivity index (χ1n) is 7.40. The lowest BCUT2D eigenvalue weighted by Gasteiger charge is -2.15. The Morgan fingerprint density at radius 1 is 1.36 bits per heavy atom. The van der Waals surface area contributed by atoms with Crippen molar-refractivity contribution in [3.05, 3.63) is 29.8 Å². The predicted molar refractivity (Wildman–Crippen MR) is 85.3 cm³/mol. The maximum absolute atomic E-state index is 12.1. The van der Waals surface area contributed by atoms with Gasteiger partial charge >= 0.3 is 5.97 Å². The van der Waals surface area contributed by atoms with E-state index in [-0.39, 0.29) is 18.4 Å². The molecule has 118 valence electrons. The van der Waals surface area contributed by atoms with Crippen molar-refractivity contribution in [2.75, 3.05) is 11.6 Å². The molecule has 22 heavy (non-hydrogen) atoms. The van der Waals surface area contributed by atoms with Gasteiger partial charge in [-0.15, -0.1) is 0 Å². The molecule has 0 fully saturated rings. The van der Waals surface area contributed by atoms with Crippen LogP contribution in [-0.2, 0) is 4.79 Å². The lowest BCUT2D eigenvalue weighted by Crippen LogP contribution is -2.32. The number of nitrogens with one attached hydrogen (secondary N) is 1. The van der Waals surface area contributed by atoms with Crippen LogP contribution in [0, 0.1) is 0 Å². The normalized spacial score (nSPS) is 15.4. The van der Waals surface area contributed by atoms with Crippen molar-refractivity contribution in [3.8, 4) is 0 Å². The van der Waals surface area contributed by atoms with E-state index >= 15 is 0 Å². The summed E-state index contributed by atoms with van der Waals surface area (Å²) in [4.78, 5) is 22.6. The average Bonchev–Trinajstić information content (AvgIpc) is 2.92. The Morgan fingerprint density at radius 2 is 2.05 bits per heavy atom. The monoisotopic (exact) mass is 303 g/mol. The van der Waals surface area contributed by atoms with E-state index in [0.717, 1.165) is 24.4 Å². The molecule has 6 nitrogen and oxygen atoms in total. The first kappa shape index (κ1) is 16.0. The van der Waals surface area contributed by atoms with Crippen molar-refractivity contribution in [2.45, 2.75) is 39.2 Å². The number of rotatable bonds is 6. The maximum atomic E-state index is 12.1. The van der Waals surface area contributed by atoms with E-state index in [1.165, 1.54) is 0 Å². The molecule has 0 radical (unpaired) electrons. The summed E-state index contributed by atoms with van der Waals surface area (Å²) in [5, 5.41) is 17.8. The van der Waals surface area contributed by atoms with E-state index < -0.39 is 5.97 Å². The quantitative estimate of drug-likeness (QED) is 0.844. The number of carbonyl (C=O) groups is 2. The number of hydrazone groups is 1. The highest BCUT2D eigenvalue weighted by atomic mass is 16.4. The van der Waals surface area contributed by atoms with Gasteiger partial charge in [0.25, 0.3) is 5.91 Å². The minimum absolute atomic E-state index is 0.0483. The van der Waals surface area contributed by atoms with Crippen LogP contribution >= 0.6 is 0 Å². The second kappa shape index (κ2) is 7.06.